The molecule has 6 aromatic rings. The van der Waals surface area contributed by atoms with Crippen LogP contribution in [0.15, 0.2) is 114 Å². The molecule has 0 radical (unpaired) electrons. The Kier molecular flexibility index (Phi) is 15.0. The molecule has 0 spiro atoms. The quantitative estimate of drug-likeness (QED) is 0.101. The Labute approximate surface area is 459 Å². The molecule has 0 saturated heterocycles. The second-order valence-electron chi connectivity index (χ2n) is 26.5. The summed E-state index contributed by atoms with van der Waals surface area (Å²) in [4.78, 5) is 0. The molecule has 4 unspecified atom stereocenters. The molecule has 0 bridgehead atoms. The molecule has 389 valence electrons. The molecule has 1 aliphatic heterocycles. The van der Waals surface area contributed by atoms with E-state index in [4.69, 9.17) is 0 Å². The molecule has 6 aromatic carbocycles. The summed E-state index contributed by atoms with van der Waals surface area (Å²) >= 11 is -5.95. The molecule has 74 heavy (non-hydrogen) atoms. The summed E-state index contributed by atoms with van der Waals surface area (Å²) in [6, 6.07) is 41.3. The maximum absolute atomic E-state index is 9.85. The summed E-state index contributed by atoms with van der Waals surface area (Å²) in [7, 11) is 18.7. The Bertz CT molecular complexity index is 3020. The fourth-order valence-corrected chi connectivity index (χ4v) is 41.4. The van der Waals surface area contributed by atoms with E-state index in [2.05, 4.69) is 240 Å². The maximum atomic E-state index is 9.85. The standard InChI is InChI=1S/2C29H39.C12H9Si.2ClH.Zr/c2*1-10-20(6)24-13-21-11-12-27(29(7,8)9)28(26(21)17-24)25-15-22(18(2)3)14-23(16-25)19(4)5;1-3-7-11-9(5-1)10-6-2-4-8-12(10)13-11;;;/h2*11-20H,10H2,1-9H3;1-7H,13H2;2*1H;/q;;;;;+2/p-2. The first-order valence-electron chi connectivity index (χ1n) is 28.6. The van der Waals surface area contributed by atoms with Gasteiger partial charge in [0, 0.05) is 0 Å². The molecule has 9 rings (SSSR count). The van der Waals surface area contributed by atoms with Gasteiger partial charge in [-0.05, 0) is 0 Å². The number of rotatable bonds is 13. The van der Waals surface area contributed by atoms with Gasteiger partial charge >= 0.3 is 463 Å². The van der Waals surface area contributed by atoms with Crippen molar-refractivity contribution in [3.63, 3.8) is 0 Å². The molecule has 0 saturated carbocycles. The molecular formula is C70H87Cl2SiZr. The average molecular weight is 1120 g/mol. The Hall–Kier alpha value is -3.52. The predicted octanol–water partition coefficient (Wildman–Crippen LogP) is 19.2. The zero-order valence-corrected chi connectivity index (χ0v) is 53.8. The number of benzene rings is 6. The zero-order valence-electron chi connectivity index (χ0n) is 48.5. The van der Waals surface area contributed by atoms with Crippen molar-refractivity contribution in [3.8, 4) is 33.4 Å². The van der Waals surface area contributed by atoms with Gasteiger partial charge in [-0.1, -0.05) is 0 Å². The molecule has 0 fully saturated rings. The van der Waals surface area contributed by atoms with Crippen molar-refractivity contribution < 1.29 is 16.4 Å². The number of hydrogen-bond acceptors (Lipinski definition) is 0. The van der Waals surface area contributed by atoms with Crippen molar-refractivity contribution in [2.24, 2.45) is 11.8 Å². The molecular weight excluding hydrogens is 1030 g/mol. The van der Waals surface area contributed by atoms with Crippen LogP contribution in [0.3, 0.4) is 0 Å². The minimum atomic E-state index is -5.95. The van der Waals surface area contributed by atoms with E-state index in [0.717, 1.165) is 12.8 Å². The van der Waals surface area contributed by atoms with Crippen molar-refractivity contribution in [1.82, 2.24) is 0 Å². The summed E-state index contributed by atoms with van der Waals surface area (Å²) in [5, 5.41) is 2.98. The molecule has 4 atom stereocenters. The molecule has 4 heteroatoms. The van der Waals surface area contributed by atoms with Gasteiger partial charge in [-0.15, -0.1) is 0 Å². The monoisotopic (exact) mass is 1120 g/mol. The Morgan fingerprint density at radius 1 is 0.486 bits per heavy atom. The van der Waals surface area contributed by atoms with Gasteiger partial charge in [0.1, 0.15) is 0 Å². The normalized spacial score (nSPS) is 18.1. The Balaban J connectivity index is 1.46. The molecule has 0 amide bonds. The van der Waals surface area contributed by atoms with E-state index in [-0.39, 0.29) is 29.9 Å². The van der Waals surface area contributed by atoms with E-state index in [1.165, 1.54) is 114 Å². The molecule has 3 aliphatic rings. The Morgan fingerprint density at radius 3 is 1.26 bits per heavy atom. The van der Waals surface area contributed by atoms with Gasteiger partial charge in [-0.25, -0.2) is 0 Å². The van der Waals surface area contributed by atoms with Crippen LogP contribution in [0, 0.1) is 11.8 Å². The van der Waals surface area contributed by atoms with E-state index in [1.807, 2.05) is 0 Å². The molecule has 0 N–H and O–H groups in total. The van der Waals surface area contributed by atoms with Gasteiger partial charge in [-0.2, -0.15) is 0 Å². The van der Waals surface area contributed by atoms with Gasteiger partial charge < -0.3 is 0 Å². The first-order valence-corrected chi connectivity index (χ1v) is 40.4. The van der Waals surface area contributed by atoms with Gasteiger partial charge in [0.05, 0.1) is 0 Å². The van der Waals surface area contributed by atoms with Crippen LogP contribution in [-0.2, 0) is 27.2 Å². The number of fused-ring (bicyclic) bond motifs is 5. The van der Waals surface area contributed by atoms with E-state index < -0.39 is 25.9 Å². The van der Waals surface area contributed by atoms with Gasteiger partial charge in [0.15, 0.2) is 0 Å². The summed E-state index contributed by atoms with van der Waals surface area (Å²) in [6.45, 7) is 42.8. The topological polar surface area (TPSA) is 0 Å². The molecule has 0 aromatic heterocycles. The third kappa shape index (κ3) is 9.26. The second kappa shape index (κ2) is 20.0. The predicted molar refractivity (Wildman–Crippen MR) is 329 cm³/mol. The molecule has 1 heterocycles. The van der Waals surface area contributed by atoms with E-state index in [9.17, 15) is 17.0 Å². The van der Waals surface area contributed by atoms with Gasteiger partial charge in [0.2, 0.25) is 0 Å². The van der Waals surface area contributed by atoms with Crippen LogP contribution in [0.5, 0.6) is 0 Å². The van der Waals surface area contributed by atoms with Crippen LogP contribution in [-0.4, -0.2) is 9.52 Å². The third-order valence-electron chi connectivity index (χ3n) is 18.1. The number of hydrogen-bond donors (Lipinski definition) is 0. The van der Waals surface area contributed by atoms with Crippen LogP contribution >= 0.6 is 17.0 Å². The molecule has 2 aliphatic carbocycles. The van der Waals surface area contributed by atoms with Gasteiger partial charge in [0.25, 0.3) is 0 Å². The summed E-state index contributed by atoms with van der Waals surface area (Å²) in [5.41, 5.74) is 24.4. The zero-order chi connectivity index (χ0) is 53.7. The first kappa shape index (κ1) is 55.2. The van der Waals surface area contributed by atoms with Crippen LogP contribution in [0.2, 0.25) is 0 Å². The number of allylic oxidation sites excluding steroid dienone is 2. The van der Waals surface area contributed by atoms with Crippen LogP contribution in [0.1, 0.15) is 224 Å². The van der Waals surface area contributed by atoms with E-state index >= 15 is 0 Å². The van der Waals surface area contributed by atoms with Gasteiger partial charge in [-0.3, -0.25) is 0 Å². The van der Waals surface area contributed by atoms with Crippen LogP contribution in [0.4, 0.5) is 0 Å². The van der Waals surface area contributed by atoms with Crippen molar-refractivity contribution >= 4 is 52.3 Å². The second-order valence-corrected chi connectivity index (χ2v) is 48.9. The third-order valence-corrected chi connectivity index (χ3v) is 40.7. The van der Waals surface area contributed by atoms with E-state index in [1.54, 1.807) is 0 Å². The van der Waals surface area contributed by atoms with E-state index in [0.29, 0.717) is 23.7 Å². The van der Waals surface area contributed by atoms with Crippen LogP contribution < -0.4 is 13.6 Å². The van der Waals surface area contributed by atoms with Crippen molar-refractivity contribution in [2.45, 2.75) is 179 Å². The molecule has 0 nitrogen and oxygen atoms in total. The summed E-state index contributed by atoms with van der Waals surface area (Å²) < 4.78 is 0.987. The summed E-state index contributed by atoms with van der Waals surface area (Å²) in [6.07, 6.45) is 7.29. The Morgan fingerprint density at radius 2 is 0.878 bits per heavy atom. The fourth-order valence-electron chi connectivity index (χ4n) is 13.4. The van der Waals surface area contributed by atoms with Crippen molar-refractivity contribution in [1.29, 1.82) is 0 Å². The van der Waals surface area contributed by atoms with Crippen LogP contribution in [0.25, 0.3) is 45.5 Å². The first-order chi connectivity index (χ1) is 34.7. The number of halogens is 2. The fraction of sp³-hybridized carbons (Fsp3) is 0.429. The average Bonchev–Trinajstić information content (AvgIpc) is 4.08. The van der Waals surface area contributed by atoms with Crippen molar-refractivity contribution in [2.75, 3.05) is 0 Å². The summed E-state index contributed by atoms with van der Waals surface area (Å²) in [5.74, 6) is 2.10. The SMILES string of the molecule is CCC(C)C1=Cc2c(ccc(C(C)(C)C)c2-c2cc(C(C)C)cc(C(C)C)c2)[CH]1[Zr]([Cl])([Cl])([c]1cccc2c1[SiH2]c1ccccc1-2)[CH]1C(C(C)CC)=Cc2c1ccc(C(C)(C)C)c2-c1cc(C(C)C)cc(C(C)C)c1. The minimum absolute atomic E-state index is 0.115. The van der Waals surface area contributed by atoms with Crippen molar-refractivity contribution in [3.05, 3.63) is 170 Å².